The van der Waals surface area contributed by atoms with E-state index in [2.05, 4.69) is 4.98 Å². The Balaban J connectivity index is 1.97. The normalized spacial score (nSPS) is 10.4. The third kappa shape index (κ3) is 2.60. The molecule has 4 heteroatoms. The van der Waals surface area contributed by atoms with E-state index in [-0.39, 0.29) is 0 Å². The molecular formula is C17H15NO3. The molecule has 0 aliphatic heterocycles. The molecule has 0 unspecified atom stereocenters. The second-order valence-electron chi connectivity index (χ2n) is 4.47. The van der Waals surface area contributed by atoms with Crippen LogP contribution in [0.2, 0.25) is 0 Å². The molecule has 0 radical (unpaired) electrons. The van der Waals surface area contributed by atoms with Crippen LogP contribution in [0.1, 0.15) is 0 Å². The molecule has 4 nitrogen and oxygen atoms in total. The largest absolute Gasteiger partial charge is 0.493 e. The zero-order chi connectivity index (χ0) is 14.7. The van der Waals surface area contributed by atoms with Gasteiger partial charge in [-0.25, -0.2) is 4.98 Å². The van der Waals surface area contributed by atoms with E-state index in [0.717, 1.165) is 16.8 Å². The number of hydrogen-bond donors (Lipinski definition) is 0. The first-order chi connectivity index (χ1) is 10.3. The van der Waals surface area contributed by atoms with E-state index in [1.807, 2.05) is 48.5 Å². The molecule has 3 aromatic rings. The van der Waals surface area contributed by atoms with Crippen LogP contribution in [-0.4, -0.2) is 19.2 Å². The maximum atomic E-state index is 5.55. The number of benzene rings is 2. The molecule has 0 aliphatic rings. The summed E-state index contributed by atoms with van der Waals surface area (Å²) in [5, 5.41) is 0. The zero-order valence-corrected chi connectivity index (χ0v) is 11.9. The highest BCUT2D eigenvalue weighted by molar-refractivity contribution is 5.66. The summed E-state index contributed by atoms with van der Waals surface area (Å²) >= 11 is 0. The van der Waals surface area contributed by atoms with Crippen molar-refractivity contribution in [1.82, 2.24) is 4.98 Å². The highest BCUT2D eigenvalue weighted by atomic mass is 16.5. The van der Waals surface area contributed by atoms with Gasteiger partial charge < -0.3 is 13.9 Å². The predicted octanol–water partition coefficient (Wildman–Crippen LogP) is 4.03. The average molecular weight is 281 g/mol. The van der Waals surface area contributed by atoms with Gasteiger partial charge in [0.2, 0.25) is 5.89 Å². The standard InChI is InChI=1S/C17H15NO3/c1-19-15-9-8-13(10-16(15)20-2)14-11-21-17(18-14)12-6-4-3-5-7-12/h3-11H,1-2H3. The minimum atomic E-state index is 0.598. The van der Waals surface area contributed by atoms with Gasteiger partial charge in [0.25, 0.3) is 0 Å². The molecule has 106 valence electrons. The molecule has 3 rings (SSSR count). The SMILES string of the molecule is COc1ccc(-c2coc(-c3ccccc3)n2)cc1OC. The Morgan fingerprint density at radius 1 is 0.857 bits per heavy atom. The lowest BCUT2D eigenvalue weighted by Gasteiger charge is -2.07. The first kappa shape index (κ1) is 13.2. The van der Waals surface area contributed by atoms with Crippen LogP contribution in [0.5, 0.6) is 11.5 Å². The molecule has 0 saturated heterocycles. The van der Waals surface area contributed by atoms with Crippen molar-refractivity contribution in [2.45, 2.75) is 0 Å². The first-order valence-electron chi connectivity index (χ1n) is 6.55. The fraction of sp³-hybridized carbons (Fsp3) is 0.118. The van der Waals surface area contributed by atoms with Crippen LogP contribution in [0.3, 0.4) is 0 Å². The molecule has 21 heavy (non-hydrogen) atoms. The third-order valence-electron chi connectivity index (χ3n) is 3.20. The zero-order valence-electron chi connectivity index (χ0n) is 11.9. The Bertz CT molecular complexity index is 735. The van der Waals surface area contributed by atoms with Crippen molar-refractivity contribution in [2.24, 2.45) is 0 Å². The van der Waals surface area contributed by atoms with Crippen molar-refractivity contribution in [2.75, 3.05) is 14.2 Å². The van der Waals surface area contributed by atoms with Gasteiger partial charge in [-0.2, -0.15) is 0 Å². The van der Waals surface area contributed by atoms with Gasteiger partial charge in [0.15, 0.2) is 11.5 Å². The van der Waals surface area contributed by atoms with E-state index < -0.39 is 0 Å². The number of aromatic nitrogens is 1. The van der Waals surface area contributed by atoms with Crippen molar-refractivity contribution in [3.05, 3.63) is 54.8 Å². The van der Waals surface area contributed by atoms with E-state index in [1.165, 1.54) is 0 Å². The lowest BCUT2D eigenvalue weighted by atomic mass is 10.1. The van der Waals surface area contributed by atoms with Gasteiger partial charge in [0, 0.05) is 11.1 Å². The monoisotopic (exact) mass is 281 g/mol. The molecular weight excluding hydrogens is 266 g/mol. The molecule has 2 aromatic carbocycles. The third-order valence-corrected chi connectivity index (χ3v) is 3.20. The quantitative estimate of drug-likeness (QED) is 0.724. The van der Waals surface area contributed by atoms with Crippen LogP contribution in [0, 0.1) is 0 Å². The Morgan fingerprint density at radius 3 is 2.33 bits per heavy atom. The smallest absolute Gasteiger partial charge is 0.226 e. The summed E-state index contributed by atoms with van der Waals surface area (Å²) in [4.78, 5) is 4.52. The molecule has 0 atom stereocenters. The van der Waals surface area contributed by atoms with Crippen LogP contribution < -0.4 is 9.47 Å². The van der Waals surface area contributed by atoms with Crippen LogP contribution in [0.15, 0.2) is 59.2 Å². The van der Waals surface area contributed by atoms with Crippen LogP contribution >= 0.6 is 0 Å². The Hall–Kier alpha value is -2.75. The van der Waals surface area contributed by atoms with Crippen LogP contribution in [-0.2, 0) is 0 Å². The molecule has 0 spiro atoms. The Kier molecular flexibility index (Phi) is 3.60. The van der Waals surface area contributed by atoms with Crippen molar-refractivity contribution >= 4 is 0 Å². The van der Waals surface area contributed by atoms with Gasteiger partial charge >= 0.3 is 0 Å². The van der Waals surface area contributed by atoms with E-state index in [1.54, 1.807) is 20.5 Å². The van der Waals surface area contributed by atoms with Crippen LogP contribution in [0.25, 0.3) is 22.7 Å². The van der Waals surface area contributed by atoms with Crippen molar-refractivity contribution < 1.29 is 13.9 Å². The first-order valence-corrected chi connectivity index (χ1v) is 6.55. The fourth-order valence-electron chi connectivity index (χ4n) is 2.12. The Labute approximate surface area is 123 Å². The molecule has 1 aromatic heterocycles. The number of ether oxygens (including phenoxy) is 2. The average Bonchev–Trinajstić information content (AvgIpc) is 3.05. The summed E-state index contributed by atoms with van der Waals surface area (Å²) in [5.74, 6) is 1.95. The second-order valence-corrected chi connectivity index (χ2v) is 4.47. The predicted molar refractivity (Wildman–Crippen MR) is 80.5 cm³/mol. The van der Waals surface area contributed by atoms with Gasteiger partial charge in [-0.3, -0.25) is 0 Å². The van der Waals surface area contributed by atoms with Gasteiger partial charge in [0.1, 0.15) is 12.0 Å². The maximum absolute atomic E-state index is 5.55. The number of methoxy groups -OCH3 is 2. The Morgan fingerprint density at radius 2 is 1.62 bits per heavy atom. The van der Waals surface area contributed by atoms with E-state index in [9.17, 15) is 0 Å². The summed E-state index contributed by atoms with van der Waals surface area (Å²) in [6.07, 6.45) is 1.64. The molecule has 0 aliphatic carbocycles. The topological polar surface area (TPSA) is 44.5 Å². The maximum Gasteiger partial charge on any atom is 0.226 e. The minimum Gasteiger partial charge on any atom is -0.493 e. The van der Waals surface area contributed by atoms with Crippen molar-refractivity contribution in [1.29, 1.82) is 0 Å². The highest BCUT2D eigenvalue weighted by Gasteiger charge is 2.11. The summed E-state index contributed by atoms with van der Waals surface area (Å²) in [6.45, 7) is 0. The highest BCUT2D eigenvalue weighted by Crippen LogP contribution is 2.32. The molecule has 0 N–H and O–H groups in total. The minimum absolute atomic E-state index is 0.598. The number of hydrogen-bond acceptors (Lipinski definition) is 4. The summed E-state index contributed by atoms with van der Waals surface area (Å²) in [5.41, 5.74) is 2.62. The van der Waals surface area contributed by atoms with Gasteiger partial charge in [-0.15, -0.1) is 0 Å². The molecule has 0 amide bonds. The molecule has 0 saturated carbocycles. The fourth-order valence-corrected chi connectivity index (χ4v) is 2.12. The van der Waals surface area contributed by atoms with E-state index in [4.69, 9.17) is 13.9 Å². The van der Waals surface area contributed by atoms with Gasteiger partial charge in [0.05, 0.1) is 14.2 Å². The lowest BCUT2D eigenvalue weighted by molar-refractivity contribution is 0.355. The molecule has 1 heterocycles. The molecule has 0 bridgehead atoms. The van der Waals surface area contributed by atoms with Gasteiger partial charge in [-0.1, -0.05) is 18.2 Å². The second kappa shape index (κ2) is 5.71. The number of rotatable bonds is 4. The van der Waals surface area contributed by atoms with Crippen molar-refractivity contribution in [3.8, 4) is 34.2 Å². The summed E-state index contributed by atoms with van der Waals surface area (Å²) in [7, 11) is 3.22. The number of oxazole rings is 1. The lowest BCUT2D eigenvalue weighted by Crippen LogP contribution is -1.90. The van der Waals surface area contributed by atoms with Gasteiger partial charge in [-0.05, 0) is 30.3 Å². The van der Waals surface area contributed by atoms with Crippen LogP contribution in [0.4, 0.5) is 0 Å². The summed E-state index contributed by atoms with van der Waals surface area (Å²) in [6, 6.07) is 15.5. The molecule has 0 fully saturated rings. The van der Waals surface area contributed by atoms with E-state index >= 15 is 0 Å². The number of nitrogens with zero attached hydrogens (tertiary/aromatic N) is 1. The van der Waals surface area contributed by atoms with Crippen molar-refractivity contribution in [3.63, 3.8) is 0 Å². The van der Waals surface area contributed by atoms with E-state index in [0.29, 0.717) is 17.4 Å². The summed E-state index contributed by atoms with van der Waals surface area (Å²) < 4.78 is 16.1.